The quantitative estimate of drug-likeness (QED) is 0.782. The lowest BCUT2D eigenvalue weighted by Gasteiger charge is -2.13. The zero-order valence-corrected chi connectivity index (χ0v) is 15.9. The predicted molar refractivity (Wildman–Crippen MR) is 105 cm³/mol. The van der Waals surface area contributed by atoms with Crippen LogP contribution in [0.15, 0.2) is 42.6 Å². The molecular weight excluding hydrogens is 326 g/mol. The van der Waals surface area contributed by atoms with Crippen molar-refractivity contribution in [2.45, 2.75) is 40.0 Å². The normalized spacial score (nSPS) is 10.8. The zero-order chi connectivity index (χ0) is 19.1. The smallest absolute Gasteiger partial charge is 0.274 e. The molecular formula is C21H27N3O2. The fourth-order valence-electron chi connectivity index (χ4n) is 2.57. The number of nitrogens with zero attached hydrogens (tertiary/aromatic N) is 1. The maximum Gasteiger partial charge on any atom is 0.274 e. The van der Waals surface area contributed by atoms with Gasteiger partial charge >= 0.3 is 0 Å². The third kappa shape index (κ3) is 5.41. The lowest BCUT2D eigenvalue weighted by atomic mass is 10.0. The van der Waals surface area contributed by atoms with Crippen molar-refractivity contribution in [2.24, 2.45) is 5.92 Å². The third-order valence-corrected chi connectivity index (χ3v) is 4.09. The second-order valence-corrected chi connectivity index (χ2v) is 7.06. The van der Waals surface area contributed by atoms with Crippen LogP contribution in [0.25, 0.3) is 0 Å². The summed E-state index contributed by atoms with van der Waals surface area (Å²) in [5.74, 6) is 0.298. The van der Waals surface area contributed by atoms with Gasteiger partial charge in [0.2, 0.25) is 0 Å². The summed E-state index contributed by atoms with van der Waals surface area (Å²) in [4.78, 5) is 28.9. The molecule has 0 spiro atoms. The molecule has 0 saturated heterocycles. The highest BCUT2D eigenvalue weighted by molar-refractivity contribution is 6.05. The molecule has 0 saturated carbocycles. The lowest BCUT2D eigenvalue weighted by molar-refractivity contribution is 0.0952. The lowest BCUT2D eigenvalue weighted by Crippen LogP contribution is -2.26. The maximum atomic E-state index is 12.6. The van der Waals surface area contributed by atoms with Crippen LogP contribution in [0.5, 0.6) is 0 Å². The average molecular weight is 353 g/mol. The van der Waals surface area contributed by atoms with Crippen LogP contribution >= 0.6 is 0 Å². The largest absolute Gasteiger partial charge is 0.352 e. The number of amides is 2. The zero-order valence-electron chi connectivity index (χ0n) is 15.9. The van der Waals surface area contributed by atoms with Crippen molar-refractivity contribution in [3.63, 3.8) is 0 Å². The van der Waals surface area contributed by atoms with Crippen molar-refractivity contribution in [1.82, 2.24) is 10.3 Å². The van der Waals surface area contributed by atoms with Crippen molar-refractivity contribution in [1.29, 1.82) is 0 Å². The number of anilines is 1. The summed E-state index contributed by atoms with van der Waals surface area (Å²) >= 11 is 0. The molecule has 2 N–H and O–H groups in total. The Bertz CT molecular complexity index is 769. The molecule has 2 aromatic rings. The van der Waals surface area contributed by atoms with E-state index in [1.807, 2.05) is 24.3 Å². The van der Waals surface area contributed by atoms with E-state index in [1.165, 1.54) is 12.3 Å². The van der Waals surface area contributed by atoms with Gasteiger partial charge in [-0.1, -0.05) is 45.9 Å². The Hall–Kier alpha value is -2.69. The Kier molecular flexibility index (Phi) is 6.89. The van der Waals surface area contributed by atoms with Crippen LogP contribution in [0, 0.1) is 5.92 Å². The number of carbonyl (C=O) groups is 2. The summed E-state index contributed by atoms with van der Waals surface area (Å²) in [7, 11) is 0. The predicted octanol–water partition coefficient (Wildman–Crippen LogP) is 4.23. The molecule has 138 valence electrons. The van der Waals surface area contributed by atoms with Crippen LogP contribution in [-0.4, -0.2) is 23.3 Å². The Morgan fingerprint density at radius 1 is 1.04 bits per heavy atom. The molecule has 0 aliphatic heterocycles. The first-order chi connectivity index (χ1) is 12.4. The van der Waals surface area contributed by atoms with Crippen molar-refractivity contribution < 1.29 is 9.59 Å². The van der Waals surface area contributed by atoms with Crippen LogP contribution in [0.2, 0.25) is 0 Å². The highest BCUT2D eigenvalue weighted by Gasteiger charge is 2.14. The first kappa shape index (κ1) is 19.6. The van der Waals surface area contributed by atoms with Gasteiger partial charge in [-0.05, 0) is 42.0 Å². The highest BCUT2D eigenvalue weighted by Crippen LogP contribution is 2.24. The van der Waals surface area contributed by atoms with E-state index in [4.69, 9.17) is 0 Å². The SMILES string of the molecule is CC(C)CCNC(=O)c1ccnc(C(=O)Nc2ccccc2C(C)C)c1. The highest BCUT2D eigenvalue weighted by atomic mass is 16.2. The second-order valence-electron chi connectivity index (χ2n) is 7.06. The summed E-state index contributed by atoms with van der Waals surface area (Å²) in [5.41, 5.74) is 2.48. The van der Waals surface area contributed by atoms with E-state index in [1.54, 1.807) is 6.07 Å². The number of hydrogen-bond donors (Lipinski definition) is 2. The van der Waals surface area contributed by atoms with E-state index in [0.29, 0.717) is 18.0 Å². The van der Waals surface area contributed by atoms with E-state index in [2.05, 4.69) is 43.3 Å². The Labute approximate surface area is 155 Å². The Balaban J connectivity index is 2.10. The van der Waals surface area contributed by atoms with Gasteiger partial charge in [0.15, 0.2) is 0 Å². The van der Waals surface area contributed by atoms with Crippen LogP contribution in [0.4, 0.5) is 5.69 Å². The first-order valence-electron chi connectivity index (χ1n) is 9.03. The molecule has 5 nitrogen and oxygen atoms in total. The summed E-state index contributed by atoms with van der Waals surface area (Å²) < 4.78 is 0. The molecule has 0 fully saturated rings. The topological polar surface area (TPSA) is 71.1 Å². The Morgan fingerprint density at radius 2 is 1.77 bits per heavy atom. The number of pyridine rings is 1. The maximum absolute atomic E-state index is 12.6. The van der Waals surface area contributed by atoms with Gasteiger partial charge < -0.3 is 10.6 Å². The van der Waals surface area contributed by atoms with Crippen molar-refractivity contribution in [3.05, 3.63) is 59.4 Å². The number of benzene rings is 1. The molecule has 0 atom stereocenters. The molecule has 2 amide bonds. The van der Waals surface area contributed by atoms with Gasteiger partial charge in [0, 0.05) is 24.0 Å². The molecule has 2 rings (SSSR count). The van der Waals surface area contributed by atoms with Gasteiger partial charge in [-0.25, -0.2) is 0 Å². The van der Waals surface area contributed by atoms with Gasteiger partial charge in [-0.3, -0.25) is 14.6 Å². The average Bonchev–Trinajstić information content (AvgIpc) is 2.61. The minimum Gasteiger partial charge on any atom is -0.352 e. The second kappa shape index (κ2) is 9.13. The molecule has 0 unspecified atom stereocenters. The van der Waals surface area contributed by atoms with Gasteiger partial charge in [0.1, 0.15) is 5.69 Å². The minimum atomic E-state index is -0.324. The van der Waals surface area contributed by atoms with Crippen LogP contribution in [-0.2, 0) is 0 Å². The number of nitrogens with one attached hydrogen (secondary N) is 2. The van der Waals surface area contributed by atoms with Gasteiger partial charge in [-0.2, -0.15) is 0 Å². The van der Waals surface area contributed by atoms with Crippen LogP contribution < -0.4 is 10.6 Å². The minimum absolute atomic E-state index is 0.190. The molecule has 0 aliphatic carbocycles. The van der Waals surface area contributed by atoms with Crippen molar-refractivity contribution in [2.75, 3.05) is 11.9 Å². The van der Waals surface area contributed by atoms with Crippen molar-refractivity contribution >= 4 is 17.5 Å². The fourth-order valence-corrected chi connectivity index (χ4v) is 2.57. The molecule has 0 bridgehead atoms. The first-order valence-corrected chi connectivity index (χ1v) is 9.03. The summed E-state index contributed by atoms with van der Waals surface area (Å²) in [5, 5.41) is 5.77. The van der Waals surface area contributed by atoms with Gasteiger partial charge in [-0.15, -0.1) is 0 Å². The van der Waals surface area contributed by atoms with E-state index in [9.17, 15) is 9.59 Å². The molecule has 5 heteroatoms. The molecule has 1 aromatic carbocycles. The number of aromatic nitrogens is 1. The molecule has 1 heterocycles. The van der Waals surface area contributed by atoms with Crippen LogP contribution in [0.3, 0.4) is 0 Å². The summed E-state index contributed by atoms with van der Waals surface area (Å²) in [6.45, 7) is 8.98. The molecule has 0 radical (unpaired) electrons. The van der Waals surface area contributed by atoms with E-state index >= 15 is 0 Å². The number of rotatable bonds is 7. The van der Waals surface area contributed by atoms with Gasteiger partial charge in [0.05, 0.1) is 0 Å². The number of hydrogen-bond acceptors (Lipinski definition) is 3. The Morgan fingerprint density at radius 3 is 2.46 bits per heavy atom. The summed E-state index contributed by atoms with van der Waals surface area (Å²) in [6, 6.07) is 10.8. The number of para-hydroxylation sites is 1. The third-order valence-electron chi connectivity index (χ3n) is 4.09. The van der Waals surface area contributed by atoms with E-state index < -0.39 is 0 Å². The standard InChI is InChI=1S/C21H27N3O2/c1-14(2)9-11-23-20(25)16-10-12-22-19(13-16)21(26)24-18-8-6-5-7-17(18)15(3)4/h5-8,10,12-15H,9,11H2,1-4H3,(H,23,25)(H,24,26). The molecule has 0 aliphatic rings. The monoisotopic (exact) mass is 353 g/mol. The molecule has 26 heavy (non-hydrogen) atoms. The summed E-state index contributed by atoms with van der Waals surface area (Å²) in [6.07, 6.45) is 2.40. The number of carbonyl (C=O) groups excluding carboxylic acids is 2. The van der Waals surface area contributed by atoms with Crippen LogP contribution in [0.1, 0.15) is 66.4 Å². The molecule has 1 aromatic heterocycles. The van der Waals surface area contributed by atoms with E-state index in [0.717, 1.165) is 17.7 Å². The van der Waals surface area contributed by atoms with Crippen molar-refractivity contribution in [3.8, 4) is 0 Å². The van der Waals surface area contributed by atoms with Gasteiger partial charge in [0.25, 0.3) is 11.8 Å². The van der Waals surface area contributed by atoms with E-state index in [-0.39, 0.29) is 23.4 Å². The fraction of sp³-hybridized carbons (Fsp3) is 0.381.